The molecule has 3 aromatic rings. The predicted octanol–water partition coefficient (Wildman–Crippen LogP) is 4.55. The van der Waals surface area contributed by atoms with Crippen molar-refractivity contribution in [3.05, 3.63) is 83.6 Å². The Labute approximate surface area is 220 Å². The van der Waals surface area contributed by atoms with Gasteiger partial charge in [-0.25, -0.2) is 4.98 Å². The number of nitrogens with two attached hydrogens (primary N) is 1. The number of hydrogen-bond donors (Lipinski definition) is 1. The Balaban J connectivity index is 1.04. The SMILES string of the molecule is Nc1cc(CN2CCC(C(=O)N3CCC(N4Cc5ccccc5-c5ccccc5C4)CC3)CC2)ccn1. The number of anilines is 1. The third-order valence-corrected chi connectivity index (χ3v) is 8.55. The van der Waals surface area contributed by atoms with Crippen molar-refractivity contribution >= 4 is 11.7 Å². The van der Waals surface area contributed by atoms with Gasteiger partial charge in [-0.05, 0) is 78.7 Å². The number of likely N-dealkylation sites (tertiary alicyclic amines) is 2. The van der Waals surface area contributed by atoms with E-state index >= 15 is 0 Å². The van der Waals surface area contributed by atoms with E-state index in [4.69, 9.17) is 5.73 Å². The molecule has 6 nitrogen and oxygen atoms in total. The Morgan fingerprint density at radius 3 is 2.08 bits per heavy atom. The van der Waals surface area contributed by atoms with Gasteiger partial charge in [-0.2, -0.15) is 0 Å². The second kappa shape index (κ2) is 10.6. The van der Waals surface area contributed by atoms with Gasteiger partial charge in [-0.15, -0.1) is 0 Å². The number of rotatable bonds is 4. The summed E-state index contributed by atoms with van der Waals surface area (Å²) < 4.78 is 0. The van der Waals surface area contributed by atoms with Gasteiger partial charge >= 0.3 is 0 Å². The fraction of sp³-hybridized carbons (Fsp3) is 0.419. The Bertz CT molecular complexity index is 1200. The molecule has 2 N–H and O–H groups in total. The summed E-state index contributed by atoms with van der Waals surface area (Å²) in [5, 5.41) is 0. The maximum absolute atomic E-state index is 13.4. The van der Waals surface area contributed by atoms with E-state index in [9.17, 15) is 4.79 Å². The van der Waals surface area contributed by atoms with Crippen molar-refractivity contribution in [2.24, 2.45) is 5.92 Å². The molecule has 0 saturated carbocycles. The van der Waals surface area contributed by atoms with E-state index in [1.807, 2.05) is 12.1 Å². The van der Waals surface area contributed by atoms with Crippen LogP contribution in [0.3, 0.4) is 0 Å². The largest absolute Gasteiger partial charge is 0.384 e. The molecule has 2 saturated heterocycles. The number of piperidine rings is 2. The van der Waals surface area contributed by atoms with Crippen LogP contribution in [-0.4, -0.2) is 57.8 Å². The van der Waals surface area contributed by atoms with Gasteiger partial charge < -0.3 is 10.6 Å². The number of carbonyl (C=O) groups excluding carboxylic acids is 1. The second-order valence-electron chi connectivity index (χ2n) is 10.9. The summed E-state index contributed by atoms with van der Waals surface area (Å²) in [7, 11) is 0. The maximum Gasteiger partial charge on any atom is 0.225 e. The second-order valence-corrected chi connectivity index (χ2v) is 10.9. The van der Waals surface area contributed by atoms with Gasteiger partial charge in [0.25, 0.3) is 0 Å². The maximum atomic E-state index is 13.4. The first-order valence-corrected chi connectivity index (χ1v) is 13.8. The molecular formula is C31H37N5O. The number of carbonyl (C=O) groups is 1. The minimum atomic E-state index is 0.159. The summed E-state index contributed by atoms with van der Waals surface area (Å²) in [6.45, 7) is 6.50. The van der Waals surface area contributed by atoms with Gasteiger partial charge in [-0.3, -0.25) is 14.6 Å². The van der Waals surface area contributed by atoms with E-state index in [0.29, 0.717) is 17.8 Å². The van der Waals surface area contributed by atoms with Crippen molar-refractivity contribution in [2.75, 3.05) is 31.9 Å². The molecule has 4 heterocycles. The molecule has 6 rings (SSSR count). The summed E-state index contributed by atoms with van der Waals surface area (Å²) in [6, 6.07) is 22.2. The zero-order chi connectivity index (χ0) is 25.2. The van der Waals surface area contributed by atoms with Crippen molar-refractivity contribution in [3.63, 3.8) is 0 Å². The van der Waals surface area contributed by atoms with Crippen molar-refractivity contribution < 1.29 is 4.79 Å². The van der Waals surface area contributed by atoms with Crippen molar-refractivity contribution in [1.29, 1.82) is 0 Å². The lowest BCUT2D eigenvalue weighted by Crippen LogP contribution is -2.49. The molecular weight excluding hydrogens is 458 g/mol. The molecule has 6 heteroatoms. The van der Waals surface area contributed by atoms with Crippen LogP contribution in [-0.2, 0) is 24.4 Å². The van der Waals surface area contributed by atoms with E-state index in [1.54, 1.807) is 6.20 Å². The minimum Gasteiger partial charge on any atom is -0.384 e. The number of benzene rings is 2. The molecule has 1 aromatic heterocycles. The van der Waals surface area contributed by atoms with Crippen LogP contribution in [0, 0.1) is 5.92 Å². The Morgan fingerprint density at radius 1 is 0.838 bits per heavy atom. The molecule has 2 aromatic carbocycles. The average Bonchev–Trinajstić information content (AvgIpc) is 3.10. The zero-order valence-corrected chi connectivity index (χ0v) is 21.6. The molecule has 192 valence electrons. The summed E-state index contributed by atoms with van der Waals surface area (Å²) in [5.41, 5.74) is 12.6. The molecule has 0 radical (unpaired) electrons. The highest BCUT2D eigenvalue weighted by atomic mass is 16.2. The predicted molar refractivity (Wildman–Crippen MR) is 147 cm³/mol. The Morgan fingerprint density at radius 2 is 1.46 bits per heavy atom. The average molecular weight is 496 g/mol. The zero-order valence-electron chi connectivity index (χ0n) is 21.6. The van der Waals surface area contributed by atoms with E-state index < -0.39 is 0 Å². The molecule has 0 unspecified atom stereocenters. The third kappa shape index (κ3) is 5.27. The lowest BCUT2D eigenvalue weighted by molar-refractivity contribution is -0.138. The molecule has 2 fully saturated rings. The van der Waals surface area contributed by atoms with Gasteiger partial charge in [0.05, 0.1) is 0 Å². The normalized spacial score (nSPS) is 19.7. The summed E-state index contributed by atoms with van der Waals surface area (Å²) in [4.78, 5) is 24.7. The lowest BCUT2D eigenvalue weighted by atomic mass is 9.93. The van der Waals surface area contributed by atoms with Crippen molar-refractivity contribution in [3.8, 4) is 11.1 Å². The smallest absolute Gasteiger partial charge is 0.225 e. The first kappa shape index (κ1) is 24.1. The van der Waals surface area contributed by atoms with E-state index in [1.165, 1.54) is 27.8 Å². The van der Waals surface area contributed by atoms with Crippen LogP contribution < -0.4 is 5.73 Å². The number of nitrogens with zero attached hydrogens (tertiary/aromatic N) is 4. The number of aromatic nitrogens is 1. The number of amides is 1. The van der Waals surface area contributed by atoms with Crippen LogP contribution >= 0.6 is 0 Å². The molecule has 3 aliphatic heterocycles. The highest BCUT2D eigenvalue weighted by Crippen LogP contribution is 2.35. The molecule has 0 aliphatic carbocycles. The van der Waals surface area contributed by atoms with Crippen LogP contribution in [0.15, 0.2) is 66.9 Å². The van der Waals surface area contributed by atoms with Gasteiger partial charge in [0.15, 0.2) is 0 Å². The fourth-order valence-electron chi connectivity index (χ4n) is 6.49. The molecule has 1 amide bonds. The van der Waals surface area contributed by atoms with Gasteiger partial charge in [0.1, 0.15) is 5.82 Å². The Kier molecular flexibility index (Phi) is 6.94. The third-order valence-electron chi connectivity index (χ3n) is 8.55. The summed E-state index contributed by atoms with van der Waals surface area (Å²) in [6.07, 6.45) is 5.77. The first-order valence-electron chi connectivity index (χ1n) is 13.8. The van der Waals surface area contributed by atoms with Gasteiger partial charge in [0, 0.05) is 50.9 Å². The van der Waals surface area contributed by atoms with E-state index in [-0.39, 0.29) is 5.92 Å². The monoisotopic (exact) mass is 495 g/mol. The first-order chi connectivity index (χ1) is 18.1. The van der Waals surface area contributed by atoms with Crippen LogP contribution in [0.4, 0.5) is 5.82 Å². The van der Waals surface area contributed by atoms with Crippen LogP contribution in [0.25, 0.3) is 11.1 Å². The van der Waals surface area contributed by atoms with Crippen molar-refractivity contribution in [1.82, 2.24) is 19.7 Å². The number of fused-ring (bicyclic) bond motifs is 3. The van der Waals surface area contributed by atoms with Gasteiger partial charge in [0.2, 0.25) is 5.91 Å². The highest BCUT2D eigenvalue weighted by Gasteiger charge is 2.33. The number of pyridine rings is 1. The topological polar surface area (TPSA) is 65.7 Å². The lowest BCUT2D eigenvalue weighted by Gasteiger charge is -2.40. The number of nitrogen functional groups attached to an aromatic ring is 1. The number of hydrogen-bond acceptors (Lipinski definition) is 5. The Hall–Kier alpha value is -3.22. The highest BCUT2D eigenvalue weighted by molar-refractivity contribution is 5.79. The summed E-state index contributed by atoms with van der Waals surface area (Å²) in [5.74, 6) is 1.10. The molecule has 37 heavy (non-hydrogen) atoms. The van der Waals surface area contributed by atoms with Gasteiger partial charge in [-0.1, -0.05) is 48.5 Å². The van der Waals surface area contributed by atoms with E-state index in [0.717, 1.165) is 71.5 Å². The molecule has 0 spiro atoms. The quantitative estimate of drug-likeness (QED) is 0.575. The van der Waals surface area contributed by atoms with Crippen LogP contribution in [0.2, 0.25) is 0 Å². The molecule has 3 aliphatic rings. The van der Waals surface area contributed by atoms with E-state index in [2.05, 4.69) is 68.2 Å². The van der Waals surface area contributed by atoms with Crippen LogP contribution in [0.5, 0.6) is 0 Å². The molecule has 0 bridgehead atoms. The molecule has 0 atom stereocenters. The standard InChI is InChI=1S/C31H37N5O/c32-30-19-23(9-14-33-30)20-34-15-10-24(11-16-34)31(37)35-17-12-27(13-18-35)36-21-25-5-1-3-7-28(25)29-8-4-2-6-26(29)22-36/h1-9,14,19,24,27H,10-13,15-18,20-22H2,(H2,32,33). The fourth-order valence-corrected chi connectivity index (χ4v) is 6.49. The summed E-state index contributed by atoms with van der Waals surface area (Å²) >= 11 is 0. The minimum absolute atomic E-state index is 0.159. The van der Waals surface area contributed by atoms with Crippen molar-refractivity contribution in [2.45, 2.75) is 51.4 Å². The van der Waals surface area contributed by atoms with Crippen LogP contribution in [0.1, 0.15) is 42.4 Å².